The van der Waals surface area contributed by atoms with Crippen LogP contribution in [0.3, 0.4) is 0 Å². The molecule has 0 saturated carbocycles. The van der Waals surface area contributed by atoms with Crippen molar-refractivity contribution < 1.29 is 9.90 Å². The van der Waals surface area contributed by atoms with Crippen LogP contribution in [0.4, 0.5) is 0 Å². The van der Waals surface area contributed by atoms with E-state index in [1.165, 1.54) is 12.1 Å². The Morgan fingerprint density at radius 2 is 2.00 bits per heavy atom. The predicted octanol–water partition coefficient (Wildman–Crippen LogP) is 1.15. The molecule has 0 atom stereocenters. The highest BCUT2D eigenvalue weighted by atomic mass is 16.3. The summed E-state index contributed by atoms with van der Waals surface area (Å²) < 4.78 is 0. The second-order valence-corrected chi connectivity index (χ2v) is 2.49. The number of phenolic OH excluding ortho intramolecular Hbond substituents is 1. The van der Waals surface area contributed by atoms with Crippen LogP contribution >= 0.6 is 0 Å². The highest BCUT2D eigenvalue weighted by Gasteiger charge is 1.97. The SMILES string of the molecule is N=C(C=O)Cc1ccc(O)cc1. The molecule has 0 aromatic heterocycles. The Hall–Kier alpha value is -1.64. The van der Waals surface area contributed by atoms with Crippen LogP contribution in [0.2, 0.25) is 0 Å². The van der Waals surface area contributed by atoms with Gasteiger partial charge in [0.1, 0.15) is 5.75 Å². The minimum absolute atomic E-state index is 0.0423. The van der Waals surface area contributed by atoms with E-state index in [1.54, 1.807) is 12.1 Å². The first kappa shape index (κ1) is 8.46. The number of aromatic hydroxyl groups is 1. The number of carbonyl (C=O) groups excluding carboxylic acids is 1. The van der Waals surface area contributed by atoms with Crippen molar-refractivity contribution in [3.8, 4) is 5.75 Å². The Balaban J connectivity index is 2.71. The molecule has 0 amide bonds. The third-order valence-electron chi connectivity index (χ3n) is 1.47. The van der Waals surface area contributed by atoms with Crippen LogP contribution in [0.1, 0.15) is 5.56 Å². The normalized spacial score (nSPS) is 9.33. The molecule has 0 bridgehead atoms. The average molecular weight is 163 g/mol. The zero-order valence-electron chi connectivity index (χ0n) is 6.45. The molecule has 1 rings (SSSR count). The van der Waals surface area contributed by atoms with Gasteiger partial charge in [-0.05, 0) is 17.7 Å². The third kappa shape index (κ3) is 2.20. The molecule has 0 aliphatic carbocycles. The van der Waals surface area contributed by atoms with Crippen LogP contribution < -0.4 is 0 Å². The van der Waals surface area contributed by atoms with E-state index >= 15 is 0 Å². The summed E-state index contributed by atoms with van der Waals surface area (Å²) >= 11 is 0. The highest BCUT2D eigenvalue weighted by molar-refractivity contribution is 6.27. The van der Waals surface area contributed by atoms with E-state index in [0.717, 1.165) is 5.56 Å². The van der Waals surface area contributed by atoms with Crippen LogP contribution in [0.25, 0.3) is 0 Å². The van der Waals surface area contributed by atoms with Gasteiger partial charge in [0, 0.05) is 6.42 Å². The Morgan fingerprint density at radius 1 is 1.42 bits per heavy atom. The lowest BCUT2D eigenvalue weighted by molar-refractivity contribution is -0.102. The largest absolute Gasteiger partial charge is 0.508 e. The fraction of sp³-hybridized carbons (Fsp3) is 0.111. The summed E-state index contributed by atoms with van der Waals surface area (Å²) in [6.45, 7) is 0. The summed E-state index contributed by atoms with van der Waals surface area (Å²) in [6.07, 6.45) is 0.844. The fourth-order valence-electron chi connectivity index (χ4n) is 0.875. The molecule has 3 nitrogen and oxygen atoms in total. The number of hydrogen-bond acceptors (Lipinski definition) is 3. The molecule has 0 aliphatic heterocycles. The average Bonchev–Trinajstić information content (AvgIpc) is 2.09. The number of aldehydes is 1. The van der Waals surface area contributed by atoms with Gasteiger partial charge in [-0.2, -0.15) is 0 Å². The Labute approximate surface area is 70.2 Å². The van der Waals surface area contributed by atoms with Gasteiger partial charge in [-0.15, -0.1) is 0 Å². The van der Waals surface area contributed by atoms with E-state index < -0.39 is 0 Å². The topological polar surface area (TPSA) is 61.2 Å². The van der Waals surface area contributed by atoms with Crippen LogP contribution in [-0.4, -0.2) is 17.1 Å². The van der Waals surface area contributed by atoms with Crippen molar-refractivity contribution in [2.45, 2.75) is 6.42 Å². The van der Waals surface area contributed by atoms with Crippen LogP contribution in [0.15, 0.2) is 24.3 Å². The second-order valence-electron chi connectivity index (χ2n) is 2.49. The highest BCUT2D eigenvalue weighted by Crippen LogP contribution is 2.09. The van der Waals surface area contributed by atoms with Gasteiger partial charge >= 0.3 is 0 Å². The van der Waals surface area contributed by atoms with Gasteiger partial charge in [0.2, 0.25) is 0 Å². The molecule has 0 saturated heterocycles. The number of carbonyl (C=O) groups is 1. The summed E-state index contributed by atoms with van der Waals surface area (Å²) in [7, 11) is 0. The quantitative estimate of drug-likeness (QED) is 0.518. The van der Waals surface area contributed by atoms with E-state index in [0.29, 0.717) is 12.7 Å². The molecular formula is C9H9NO2. The van der Waals surface area contributed by atoms with Gasteiger partial charge in [0.25, 0.3) is 0 Å². The summed E-state index contributed by atoms with van der Waals surface area (Å²) in [5.74, 6) is 0.191. The second kappa shape index (κ2) is 3.67. The molecule has 0 unspecified atom stereocenters. The maximum Gasteiger partial charge on any atom is 0.163 e. The minimum Gasteiger partial charge on any atom is -0.508 e. The van der Waals surface area contributed by atoms with Crippen molar-refractivity contribution in [2.24, 2.45) is 0 Å². The van der Waals surface area contributed by atoms with Gasteiger partial charge in [-0.25, -0.2) is 0 Å². The number of hydrogen-bond donors (Lipinski definition) is 2. The molecule has 1 aromatic rings. The van der Waals surface area contributed by atoms with E-state index in [4.69, 9.17) is 10.5 Å². The summed E-state index contributed by atoms with van der Waals surface area (Å²) in [4.78, 5) is 10.1. The van der Waals surface area contributed by atoms with Crippen molar-refractivity contribution in [1.82, 2.24) is 0 Å². The lowest BCUT2D eigenvalue weighted by atomic mass is 10.1. The Morgan fingerprint density at radius 3 is 2.50 bits per heavy atom. The summed E-state index contributed by atoms with van der Waals surface area (Å²) in [6, 6.07) is 6.45. The Kier molecular flexibility index (Phi) is 2.58. The molecule has 0 fully saturated rings. The molecule has 3 heteroatoms. The fourth-order valence-corrected chi connectivity index (χ4v) is 0.875. The zero-order chi connectivity index (χ0) is 8.97. The maximum absolute atomic E-state index is 10.1. The number of nitrogens with one attached hydrogen (secondary N) is 1. The van der Waals surface area contributed by atoms with E-state index in [-0.39, 0.29) is 11.5 Å². The van der Waals surface area contributed by atoms with Crippen molar-refractivity contribution in [3.05, 3.63) is 29.8 Å². The third-order valence-corrected chi connectivity index (χ3v) is 1.47. The molecular weight excluding hydrogens is 154 g/mol. The lowest BCUT2D eigenvalue weighted by Gasteiger charge is -1.97. The van der Waals surface area contributed by atoms with Crippen molar-refractivity contribution in [1.29, 1.82) is 5.41 Å². The van der Waals surface area contributed by atoms with E-state index in [1.807, 2.05) is 0 Å². The smallest absolute Gasteiger partial charge is 0.163 e. The first-order valence-electron chi connectivity index (χ1n) is 3.53. The maximum atomic E-state index is 10.1. The van der Waals surface area contributed by atoms with Crippen molar-refractivity contribution in [3.63, 3.8) is 0 Å². The molecule has 0 spiro atoms. The molecule has 2 N–H and O–H groups in total. The zero-order valence-corrected chi connectivity index (χ0v) is 6.45. The predicted molar refractivity (Wildman–Crippen MR) is 45.6 cm³/mol. The van der Waals surface area contributed by atoms with Gasteiger partial charge in [0.15, 0.2) is 6.29 Å². The molecule has 0 aliphatic rings. The lowest BCUT2D eigenvalue weighted by Crippen LogP contribution is -2.01. The molecule has 0 heterocycles. The first-order valence-corrected chi connectivity index (χ1v) is 3.53. The molecule has 62 valence electrons. The standard InChI is InChI=1S/C9H9NO2/c10-8(6-11)5-7-1-3-9(12)4-2-7/h1-4,6,10,12H,5H2. The van der Waals surface area contributed by atoms with Crippen molar-refractivity contribution >= 4 is 12.0 Å². The molecule has 12 heavy (non-hydrogen) atoms. The minimum atomic E-state index is 0.0423. The summed E-state index contributed by atoms with van der Waals surface area (Å²) in [5.41, 5.74) is 0.894. The molecule has 0 radical (unpaired) electrons. The van der Waals surface area contributed by atoms with Crippen LogP contribution in [-0.2, 0) is 11.2 Å². The van der Waals surface area contributed by atoms with E-state index in [2.05, 4.69) is 0 Å². The van der Waals surface area contributed by atoms with Crippen LogP contribution in [0.5, 0.6) is 5.75 Å². The van der Waals surface area contributed by atoms with Gasteiger partial charge in [-0.1, -0.05) is 12.1 Å². The number of phenols is 1. The van der Waals surface area contributed by atoms with Gasteiger partial charge < -0.3 is 10.5 Å². The van der Waals surface area contributed by atoms with Gasteiger partial charge in [-0.3, -0.25) is 4.79 Å². The Bertz CT molecular complexity index is 290. The monoisotopic (exact) mass is 163 g/mol. The van der Waals surface area contributed by atoms with Crippen molar-refractivity contribution in [2.75, 3.05) is 0 Å². The van der Waals surface area contributed by atoms with Gasteiger partial charge in [0.05, 0.1) is 5.71 Å². The number of rotatable bonds is 3. The summed E-state index contributed by atoms with van der Waals surface area (Å²) in [5, 5.41) is 16.0. The van der Waals surface area contributed by atoms with Crippen LogP contribution in [0, 0.1) is 5.41 Å². The number of benzene rings is 1. The first-order chi connectivity index (χ1) is 5.72. The molecule has 1 aromatic carbocycles. The van der Waals surface area contributed by atoms with E-state index in [9.17, 15) is 4.79 Å².